The molecule has 2 aliphatic heterocycles. The summed E-state index contributed by atoms with van der Waals surface area (Å²) >= 11 is 0. The second kappa shape index (κ2) is 8.81. The molecule has 0 atom stereocenters. The van der Waals surface area contributed by atoms with Crippen LogP contribution in [0.15, 0.2) is 30.3 Å². The molecule has 0 aliphatic carbocycles. The number of nitrogens with zero attached hydrogens (tertiary/aromatic N) is 6. The van der Waals surface area contributed by atoms with Crippen molar-refractivity contribution in [2.75, 3.05) is 44.7 Å². The number of benzene rings is 1. The fourth-order valence-electron chi connectivity index (χ4n) is 3.97. The SMILES string of the molecule is Cc1nc2c(c(N3CCN(C)CC3)n1)CN(C(=O)/C=C/c1ccc([N+](=O)[O-])cc1)CC2. The zero-order chi connectivity index (χ0) is 22.0. The molecule has 1 aromatic heterocycles. The van der Waals surface area contributed by atoms with E-state index in [0.717, 1.165) is 54.6 Å². The van der Waals surface area contributed by atoms with Crippen LogP contribution >= 0.6 is 0 Å². The van der Waals surface area contributed by atoms with Crippen LogP contribution in [0.4, 0.5) is 11.5 Å². The molecule has 0 spiro atoms. The molecule has 1 saturated heterocycles. The maximum atomic E-state index is 12.8. The van der Waals surface area contributed by atoms with Gasteiger partial charge >= 0.3 is 0 Å². The average Bonchev–Trinajstić information content (AvgIpc) is 2.77. The molecule has 9 heteroatoms. The number of hydrogen-bond donors (Lipinski definition) is 0. The minimum Gasteiger partial charge on any atom is -0.354 e. The summed E-state index contributed by atoms with van der Waals surface area (Å²) in [6.45, 7) is 6.80. The summed E-state index contributed by atoms with van der Waals surface area (Å²) < 4.78 is 0. The Bertz CT molecular complexity index is 1010. The zero-order valence-corrected chi connectivity index (χ0v) is 17.8. The van der Waals surface area contributed by atoms with E-state index in [1.807, 2.05) is 11.8 Å². The number of piperazine rings is 1. The monoisotopic (exact) mass is 422 g/mol. The predicted molar refractivity (Wildman–Crippen MR) is 118 cm³/mol. The number of fused-ring (bicyclic) bond motifs is 1. The molecule has 1 aromatic carbocycles. The van der Waals surface area contributed by atoms with E-state index in [1.54, 1.807) is 18.2 Å². The predicted octanol–water partition coefficient (Wildman–Crippen LogP) is 2.04. The molecule has 9 nitrogen and oxygen atoms in total. The highest BCUT2D eigenvalue weighted by molar-refractivity contribution is 5.92. The van der Waals surface area contributed by atoms with E-state index in [1.165, 1.54) is 18.2 Å². The number of carbonyl (C=O) groups excluding carboxylic acids is 1. The number of likely N-dealkylation sites (N-methyl/N-ethyl adjacent to an activating group) is 1. The van der Waals surface area contributed by atoms with Crippen LogP contribution in [0, 0.1) is 17.0 Å². The summed E-state index contributed by atoms with van der Waals surface area (Å²) in [4.78, 5) is 38.9. The number of amides is 1. The van der Waals surface area contributed by atoms with Crippen LogP contribution in [-0.4, -0.2) is 70.4 Å². The summed E-state index contributed by atoms with van der Waals surface area (Å²) in [7, 11) is 2.12. The lowest BCUT2D eigenvalue weighted by Crippen LogP contribution is -2.46. The van der Waals surface area contributed by atoms with Gasteiger partial charge in [-0.25, -0.2) is 9.97 Å². The fourth-order valence-corrected chi connectivity index (χ4v) is 3.97. The lowest BCUT2D eigenvalue weighted by atomic mass is 10.0. The molecule has 3 heterocycles. The van der Waals surface area contributed by atoms with Crippen LogP contribution in [0.25, 0.3) is 6.08 Å². The topological polar surface area (TPSA) is 95.7 Å². The van der Waals surface area contributed by atoms with Crippen LogP contribution in [0.5, 0.6) is 0 Å². The third-order valence-electron chi connectivity index (χ3n) is 5.79. The van der Waals surface area contributed by atoms with E-state index in [4.69, 9.17) is 4.98 Å². The van der Waals surface area contributed by atoms with Gasteiger partial charge in [0, 0.05) is 62.9 Å². The van der Waals surface area contributed by atoms with Gasteiger partial charge in [-0.2, -0.15) is 0 Å². The molecule has 31 heavy (non-hydrogen) atoms. The van der Waals surface area contributed by atoms with Gasteiger partial charge in [0.2, 0.25) is 5.91 Å². The second-order valence-corrected chi connectivity index (χ2v) is 8.00. The van der Waals surface area contributed by atoms with Crippen molar-refractivity contribution in [3.8, 4) is 0 Å². The third-order valence-corrected chi connectivity index (χ3v) is 5.79. The van der Waals surface area contributed by atoms with Gasteiger partial charge in [0.25, 0.3) is 5.69 Å². The lowest BCUT2D eigenvalue weighted by molar-refractivity contribution is -0.384. The summed E-state index contributed by atoms with van der Waals surface area (Å²) in [6.07, 6.45) is 3.92. The van der Waals surface area contributed by atoms with Crippen LogP contribution < -0.4 is 4.90 Å². The van der Waals surface area contributed by atoms with E-state index in [-0.39, 0.29) is 11.6 Å². The fraction of sp³-hybridized carbons (Fsp3) is 0.409. The maximum Gasteiger partial charge on any atom is 0.269 e. The first-order valence-electron chi connectivity index (χ1n) is 10.4. The van der Waals surface area contributed by atoms with Crippen molar-refractivity contribution in [3.05, 3.63) is 63.1 Å². The second-order valence-electron chi connectivity index (χ2n) is 8.00. The van der Waals surface area contributed by atoms with Gasteiger partial charge in [-0.05, 0) is 37.7 Å². The third kappa shape index (κ3) is 4.72. The first-order chi connectivity index (χ1) is 14.9. The molecule has 0 N–H and O–H groups in total. The Morgan fingerprint density at radius 3 is 2.48 bits per heavy atom. The number of aryl methyl sites for hydroxylation is 1. The van der Waals surface area contributed by atoms with E-state index in [0.29, 0.717) is 19.5 Å². The van der Waals surface area contributed by atoms with E-state index >= 15 is 0 Å². The van der Waals surface area contributed by atoms with Gasteiger partial charge in [-0.1, -0.05) is 0 Å². The molecule has 2 aliphatic rings. The number of aromatic nitrogens is 2. The largest absolute Gasteiger partial charge is 0.354 e. The lowest BCUT2D eigenvalue weighted by Gasteiger charge is -2.36. The molecule has 1 amide bonds. The Labute approximate surface area is 181 Å². The van der Waals surface area contributed by atoms with Gasteiger partial charge < -0.3 is 14.7 Å². The van der Waals surface area contributed by atoms with E-state index < -0.39 is 4.92 Å². The minimum atomic E-state index is -0.439. The number of hydrogen-bond acceptors (Lipinski definition) is 7. The van der Waals surface area contributed by atoms with Crippen LogP contribution in [0.3, 0.4) is 0 Å². The Balaban J connectivity index is 1.50. The van der Waals surface area contributed by atoms with Gasteiger partial charge in [-0.3, -0.25) is 14.9 Å². The molecule has 0 saturated carbocycles. The van der Waals surface area contributed by atoms with Gasteiger partial charge in [0.15, 0.2) is 0 Å². The first kappa shape index (κ1) is 20.9. The van der Waals surface area contributed by atoms with Gasteiger partial charge in [-0.15, -0.1) is 0 Å². The number of nitro groups is 1. The molecule has 162 valence electrons. The number of carbonyl (C=O) groups is 1. The van der Waals surface area contributed by atoms with Gasteiger partial charge in [0.1, 0.15) is 11.6 Å². The van der Waals surface area contributed by atoms with E-state index in [2.05, 4.69) is 21.8 Å². The zero-order valence-electron chi connectivity index (χ0n) is 17.8. The van der Waals surface area contributed by atoms with Crippen molar-refractivity contribution < 1.29 is 9.72 Å². The number of anilines is 1. The summed E-state index contributed by atoms with van der Waals surface area (Å²) in [5.74, 6) is 1.63. The van der Waals surface area contributed by atoms with Crippen LogP contribution in [-0.2, 0) is 17.8 Å². The first-order valence-corrected chi connectivity index (χ1v) is 10.4. The van der Waals surface area contributed by atoms with Crippen molar-refractivity contribution in [1.29, 1.82) is 0 Å². The highest BCUT2D eigenvalue weighted by Gasteiger charge is 2.27. The maximum absolute atomic E-state index is 12.8. The van der Waals surface area contributed by atoms with Crippen molar-refractivity contribution >= 4 is 23.5 Å². The summed E-state index contributed by atoms with van der Waals surface area (Å²) in [5.41, 5.74) is 2.85. The number of rotatable bonds is 4. The highest BCUT2D eigenvalue weighted by Crippen LogP contribution is 2.27. The summed E-state index contributed by atoms with van der Waals surface area (Å²) in [6, 6.07) is 6.14. The molecule has 0 radical (unpaired) electrons. The summed E-state index contributed by atoms with van der Waals surface area (Å²) in [5, 5.41) is 10.8. The Morgan fingerprint density at radius 1 is 1.10 bits per heavy atom. The van der Waals surface area contributed by atoms with Crippen molar-refractivity contribution in [3.63, 3.8) is 0 Å². The van der Waals surface area contributed by atoms with Crippen molar-refractivity contribution in [2.24, 2.45) is 0 Å². The Hall–Kier alpha value is -3.33. The minimum absolute atomic E-state index is 0.0304. The molecule has 4 rings (SSSR count). The quantitative estimate of drug-likeness (QED) is 0.423. The Morgan fingerprint density at radius 2 is 1.81 bits per heavy atom. The number of nitro benzene ring substituents is 1. The van der Waals surface area contributed by atoms with E-state index in [9.17, 15) is 14.9 Å². The Kier molecular flexibility index (Phi) is 5.94. The molecule has 0 unspecified atom stereocenters. The van der Waals surface area contributed by atoms with Crippen molar-refractivity contribution in [2.45, 2.75) is 19.9 Å². The normalized spacial score (nSPS) is 17.1. The standard InChI is InChI=1S/C22H26N6O3/c1-16-23-20-9-10-27(15-19(20)22(24-16)26-13-11-25(2)12-14-26)21(29)8-5-17-3-6-18(7-4-17)28(30)31/h3-8H,9-15H2,1-2H3/b8-5+. The smallest absolute Gasteiger partial charge is 0.269 e. The molecular weight excluding hydrogens is 396 g/mol. The average molecular weight is 422 g/mol. The van der Waals surface area contributed by atoms with Gasteiger partial charge in [0.05, 0.1) is 17.2 Å². The van der Waals surface area contributed by atoms with Crippen molar-refractivity contribution in [1.82, 2.24) is 19.8 Å². The number of non-ortho nitro benzene ring substituents is 1. The van der Waals surface area contributed by atoms with Crippen LogP contribution in [0.1, 0.15) is 22.6 Å². The molecular formula is C22H26N6O3. The molecule has 0 bridgehead atoms. The highest BCUT2D eigenvalue weighted by atomic mass is 16.6. The molecule has 2 aromatic rings. The molecule has 1 fully saturated rings. The van der Waals surface area contributed by atoms with Crippen LogP contribution in [0.2, 0.25) is 0 Å².